The Morgan fingerprint density at radius 3 is 2.82 bits per heavy atom. The quantitative estimate of drug-likeness (QED) is 0.837. The van der Waals surface area contributed by atoms with E-state index in [1.165, 1.54) is 32.4 Å². The maximum Gasteiger partial charge on any atom is 0.0724 e. The molecule has 0 aromatic carbocycles. The lowest BCUT2D eigenvalue weighted by Gasteiger charge is -2.32. The molecule has 2 heterocycles. The highest BCUT2D eigenvalue weighted by Crippen LogP contribution is 2.11. The Balaban J connectivity index is 1.67. The molecule has 0 radical (unpaired) electrons. The minimum absolute atomic E-state index is 0.618. The van der Waals surface area contributed by atoms with E-state index in [0.29, 0.717) is 6.04 Å². The first-order valence-electron chi connectivity index (χ1n) is 6.56. The third kappa shape index (κ3) is 4.06. The Labute approximate surface area is 103 Å². The fourth-order valence-electron chi connectivity index (χ4n) is 2.32. The van der Waals surface area contributed by atoms with E-state index in [4.69, 9.17) is 0 Å². The van der Waals surface area contributed by atoms with Crippen LogP contribution in [-0.2, 0) is 6.54 Å². The van der Waals surface area contributed by atoms with Crippen molar-refractivity contribution in [1.82, 2.24) is 20.2 Å². The van der Waals surface area contributed by atoms with E-state index in [0.717, 1.165) is 18.8 Å². The van der Waals surface area contributed by atoms with E-state index < -0.39 is 0 Å². The molecule has 4 nitrogen and oxygen atoms in total. The average Bonchev–Trinajstić information content (AvgIpc) is 2.41. The molecular weight excluding hydrogens is 212 g/mol. The standard InChI is InChI=1S/C13H22N4/c1-12(17-7-3-2-4-8-17)9-15-11-13-10-14-5-6-16-13/h5-6,10,12,15H,2-4,7-9,11H2,1H3. The topological polar surface area (TPSA) is 41.1 Å². The third-order valence-electron chi connectivity index (χ3n) is 3.38. The van der Waals surface area contributed by atoms with E-state index in [1.54, 1.807) is 12.4 Å². The van der Waals surface area contributed by atoms with Gasteiger partial charge in [0.2, 0.25) is 0 Å². The van der Waals surface area contributed by atoms with Crippen molar-refractivity contribution in [2.45, 2.75) is 38.8 Å². The highest BCUT2D eigenvalue weighted by molar-refractivity contribution is 4.93. The minimum atomic E-state index is 0.618. The van der Waals surface area contributed by atoms with Crippen molar-refractivity contribution in [3.8, 4) is 0 Å². The van der Waals surface area contributed by atoms with Crippen molar-refractivity contribution in [2.75, 3.05) is 19.6 Å². The van der Waals surface area contributed by atoms with Gasteiger partial charge < -0.3 is 5.32 Å². The molecule has 1 atom stereocenters. The van der Waals surface area contributed by atoms with Crippen LogP contribution in [0.1, 0.15) is 31.9 Å². The number of aromatic nitrogens is 2. The number of hydrogen-bond acceptors (Lipinski definition) is 4. The van der Waals surface area contributed by atoms with Gasteiger partial charge >= 0.3 is 0 Å². The second-order valence-corrected chi connectivity index (χ2v) is 4.77. The second-order valence-electron chi connectivity index (χ2n) is 4.77. The first-order valence-corrected chi connectivity index (χ1v) is 6.56. The molecule has 1 N–H and O–H groups in total. The molecule has 0 bridgehead atoms. The average molecular weight is 234 g/mol. The summed E-state index contributed by atoms with van der Waals surface area (Å²) in [4.78, 5) is 10.9. The zero-order valence-electron chi connectivity index (χ0n) is 10.6. The van der Waals surface area contributed by atoms with Gasteiger partial charge in [-0.2, -0.15) is 0 Å². The maximum absolute atomic E-state index is 4.25. The van der Waals surface area contributed by atoms with Crippen molar-refractivity contribution in [1.29, 1.82) is 0 Å². The fraction of sp³-hybridized carbons (Fsp3) is 0.692. The lowest BCUT2D eigenvalue weighted by molar-refractivity contribution is 0.170. The summed E-state index contributed by atoms with van der Waals surface area (Å²) in [5, 5.41) is 3.45. The van der Waals surface area contributed by atoms with Gasteiger partial charge in [0, 0.05) is 37.7 Å². The predicted octanol–water partition coefficient (Wildman–Crippen LogP) is 1.44. The first-order chi connectivity index (χ1) is 8.36. The van der Waals surface area contributed by atoms with Gasteiger partial charge in [-0.05, 0) is 32.9 Å². The third-order valence-corrected chi connectivity index (χ3v) is 3.38. The highest BCUT2D eigenvalue weighted by Gasteiger charge is 2.15. The predicted molar refractivity (Wildman–Crippen MR) is 68.6 cm³/mol. The summed E-state index contributed by atoms with van der Waals surface area (Å²) in [5.74, 6) is 0. The van der Waals surface area contributed by atoms with Gasteiger partial charge in [-0.1, -0.05) is 6.42 Å². The van der Waals surface area contributed by atoms with Gasteiger partial charge in [0.05, 0.1) is 5.69 Å². The Kier molecular flexibility index (Phi) is 4.88. The lowest BCUT2D eigenvalue weighted by atomic mass is 10.1. The zero-order valence-corrected chi connectivity index (χ0v) is 10.6. The molecule has 1 unspecified atom stereocenters. The summed E-state index contributed by atoms with van der Waals surface area (Å²) < 4.78 is 0. The monoisotopic (exact) mass is 234 g/mol. The van der Waals surface area contributed by atoms with E-state index >= 15 is 0 Å². The van der Waals surface area contributed by atoms with Crippen LogP contribution in [0.15, 0.2) is 18.6 Å². The van der Waals surface area contributed by atoms with Crippen LogP contribution in [0.5, 0.6) is 0 Å². The second kappa shape index (κ2) is 6.67. The SMILES string of the molecule is CC(CNCc1cnccn1)N1CCCCC1. The molecule has 1 saturated heterocycles. The van der Waals surface area contributed by atoms with Gasteiger partial charge in [-0.3, -0.25) is 14.9 Å². The number of nitrogens with zero attached hydrogens (tertiary/aromatic N) is 3. The van der Waals surface area contributed by atoms with Gasteiger partial charge in [-0.25, -0.2) is 0 Å². The largest absolute Gasteiger partial charge is 0.310 e. The van der Waals surface area contributed by atoms with Crippen LogP contribution in [-0.4, -0.2) is 40.5 Å². The van der Waals surface area contributed by atoms with Crippen LogP contribution >= 0.6 is 0 Å². The van der Waals surface area contributed by atoms with Crippen LogP contribution in [0.3, 0.4) is 0 Å². The number of piperidine rings is 1. The lowest BCUT2D eigenvalue weighted by Crippen LogP contribution is -2.43. The molecule has 17 heavy (non-hydrogen) atoms. The van der Waals surface area contributed by atoms with E-state index in [9.17, 15) is 0 Å². The smallest absolute Gasteiger partial charge is 0.0724 e. The molecule has 2 rings (SSSR count). The summed E-state index contributed by atoms with van der Waals surface area (Å²) >= 11 is 0. The van der Waals surface area contributed by atoms with Crippen molar-refractivity contribution in [3.63, 3.8) is 0 Å². The van der Waals surface area contributed by atoms with Crippen molar-refractivity contribution < 1.29 is 0 Å². The molecular formula is C13H22N4. The number of rotatable bonds is 5. The maximum atomic E-state index is 4.25. The van der Waals surface area contributed by atoms with Gasteiger partial charge in [0.25, 0.3) is 0 Å². The van der Waals surface area contributed by atoms with Crippen LogP contribution in [0.25, 0.3) is 0 Å². The highest BCUT2D eigenvalue weighted by atomic mass is 15.2. The van der Waals surface area contributed by atoms with Crippen LogP contribution in [0, 0.1) is 0 Å². The summed E-state index contributed by atoms with van der Waals surface area (Å²) in [7, 11) is 0. The van der Waals surface area contributed by atoms with Gasteiger partial charge in [-0.15, -0.1) is 0 Å². The minimum Gasteiger partial charge on any atom is -0.310 e. The summed E-state index contributed by atoms with van der Waals surface area (Å²) in [6, 6.07) is 0.618. The molecule has 1 aromatic rings. The Morgan fingerprint density at radius 2 is 2.12 bits per heavy atom. The molecule has 1 aliphatic heterocycles. The molecule has 1 aliphatic rings. The summed E-state index contributed by atoms with van der Waals surface area (Å²) in [6.45, 7) is 6.65. The number of nitrogens with one attached hydrogen (secondary N) is 1. The van der Waals surface area contributed by atoms with Gasteiger partial charge in [0.15, 0.2) is 0 Å². The van der Waals surface area contributed by atoms with Crippen molar-refractivity contribution >= 4 is 0 Å². The first kappa shape index (κ1) is 12.5. The molecule has 1 aromatic heterocycles. The molecule has 94 valence electrons. The fourth-order valence-corrected chi connectivity index (χ4v) is 2.32. The number of hydrogen-bond donors (Lipinski definition) is 1. The molecule has 0 amide bonds. The Morgan fingerprint density at radius 1 is 1.29 bits per heavy atom. The zero-order chi connectivity index (χ0) is 11.9. The molecule has 1 fully saturated rings. The number of likely N-dealkylation sites (tertiary alicyclic amines) is 1. The van der Waals surface area contributed by atoms with Crippen LogP contribution < -0.4 is 5.32 Å². The van der Waals surface area contributed by atoms with Crippen molar-refractivity contribution in [2.24, 2.45) is 0 Å². The van der Waals surface area contributed by atoms with Crippen LogP contribution in [0.2, 0.25) is 0 Å². The molecule has 0 spiro atoms. The summed E-state index contributed by atoms with van der Waals surface area (Å²) in [5.41, 5.74) is 1.01. The van der Waals surface area contributed by atoms with E-state index in [-0.39, 0.29) is 0 Å². The molecule has 0 aliphatic carbocycles. The van der Waals surface area contributed by atoms with Gasteiger partial charge in [0.1, 0.15) is 0 Å². The Bertz CT molecular complexity index is 308. The van der Waals surface area contributed by atoms with Crippen molar-refractivity contribution in [3.05, 3.63) is 24.3 Å². The van der Waals surface area contributed by atoms with Crippen LogP contribution in [0.4, 0.5) is 0 Å². The van der Waals surface area contributed by atoms with E-state index in [2.05, 4.69) is 27.1 Å². The normalized spacial score (nSPS) is 19.1. The Hall–Kier alpha value is -1.00. The molecule has 0 saturated carbocycles. The summed E-state index contributed by atoms with van der Waals surface area (Å²) in [6.07, 6.45) is 9.38. The molecule has 4 heteroatoms. The van der Waals surface area contributed by atoms with E-state index in [1.807, 2.05) is 6.20 Å².